The van der Waals surface area contributed by atoms with Gasteiger partial charge in [-0.15, -0.1) is 0 Å². The number of pyridine rings is 1. The molecule has 0 saturated carbocycles. The van der Waals surface area contributed by atoms with Crippen molar-refractivity contribution in [2.24, 2.45) is 0 Å². The highest BCUT2D eigenvalue weighted by Crippen LogP contribution is 2.25. The minimum Gasteiger partial charge on any atom is -0.496 e. The number of hydrogen-bond acceptors (Lipinski definition) is 3. The van der Waals surface area contributed by atoms with Gasteiger partial charge in [0.25, 0.3) is 5.56 Å². The lowest BCUT2D eigenvalue weighted by atomic mass is 10.1. The standard InChI is InChI=1S/C17H22N2O2/c1-4-18-15(14-7-5-6-8-16(14)21-3)12-19-10-9-13(2)11-17(19)20/h5-11,15,18H,4,12H2,1-3H3. The van der Waals surface area contributed by atoms with Crippen LogP contribution in [0.4, 0.5) is 0 Å². The third-order valence-electron chi connectivity index (χ3n) is 3.50. The molecule has 1 atom stereocenters. The summed E-state index contributed by atoms with van der Waals surface area (Å²) in [7, 11) is 1.67. The molecular weight excluding hydrogens is 264 g/mol. The van der Waals surface area contributed by atoms with Crippen LogP contribution in [0.15, 0.2) is 47.4 Å². The molecule has 0 amide bonds. The minimum atomic E-state index is 0.0211. The van der Waals surface area contributed by atoms with E-state index in [2.05, 4.69) is 12.2 Å². The fourth-order valence-corrected chi connectivity index (χ4v) is 2.43. The molecule has 112 valence electrons. The first-order valence-corrected chi connectivity index (χ1v) is 7.19. The number of ether oxygens (including phenoxy) is 1. The Bertz CT molecular complexity index is 649. The molecule has 0 aliphatic rings. The van der Waals surface area contributed by atoms with Crippen LogP contribution in [0.2, 0.25) is 0 Å². The number of nitrogens with zero attached hydrogens (tertiary/aromatic N) is 1. The van der Waals surface area contributed by atoms with E-state index in [0.29, 0.717) is 6.54 Å². The molecule has 1 aromatic carbocycles. The monoisotopic (exact) mass is 286 g/mol. The van der Waals surface area contributed by atoms with Gasteiger partial charge >= 0.3 is 0 Å². The lowest BCUT2D eigenvalue weighted by Crippen LogP contribution is -2.30. The van der Waals surface area contributed by atoms with Crippen LogP contribution >= 0.6 is 0 Å². The second-order valence-corrected chi connectivity index (χ2v) is 5.05. The number of hydrogen-bond donors (Lipinski definition) is 1. The molecule has 2 rings (SSSR count). The largest absolute Gasteiger partial charge is 0.496 e. The van der Waals surface area contributed by atoms with Crippen LogP contribution in [0.5, 0.6) is 5.75 Å². The zero-order valence-electron chi connectivity index (χ0n) is 12.8. The van der Waals surface area contributed by atoms with Crippen molar-refractivity contribution in [2.75, 3.05) is 13.7 Å². The molecule has 1 heterocycles. The van der Waals surface area contributed by atoms with Crippen molar-refractivity contribution < 1.29 is 4.74 Å². The molecule has 1 unspecified atom stereocenters. The van der Waals surface area contributed by atoms with Crippen LogP contribution in [0.3, 0.4) is 0 Å². The SMILES string of the molecule is CCNC(Cn1ccc(C)cc1=O)c1ccccc1OC. The normalized spacial score (nSPS) is 12.1. The van der Waals surface area contributed by atoms with Crippen LogP contribution in [-0.4, -0.2) is 18.2 Å². The Morgan fingerprint density at radius 1 is 1.29 bits per heavy atom. The Kier molecular flexibility index (Phi) is 5.17. The molecule has 2 aromatic rings. The Hall–Kier alpha value is -2.07. The first-order chi connectivity index (χ1) is 10.2. The van der Waals surface area contributed by atoms with E-state index >= 15 is 0 Å². The maximum Gasteiger partial charge on any atom is 0.250 e. The molecule has 0 fully saturated rings. The van der Waals surface area contributed by atoms with Crippen molar-refractivity contribution in [1.29, 1.82) is 0 Å². The van der Waals surface area contributed by atoms with E-state index in [0.717, 1.165) is 23.4 Å². The summed E-state index contributed by atoms with van der Waals surface area (Å²) in [5.74, 6) is 0.837. The summed E-state index contributed by atoms with van der Waals surface area (Å²) in [6.45, 7) is 5.38. The van der Waals surface area contributed by atoms with E-state index < -0.39 is 0 Å². The first-order valence-electron chi connectivity index (χ1n) is 7.19. The lowest BCUT2D eigenvalue weighted by molar-refractivity contribution is 0.389. The van der Waals surface area contributed by atoms with Crippen molar-refractivity contribution in [3.8, 4) is 5.75 Å². The Morgan fingerprint density at radius 3 is 2.71 bits per heavy atom. The van der Waals surface area contributed by atoms with E-state index in [1.165, 1.54) is 0 Å². The maximum absolute atomic E-state index is 12.1. The summed E-state index contributed by atoms with van der Waals surface area (Å²) in [6.07, 6.45) is 1.84. The number of likely N-dealkylation sites (N-methyl/N-ethyl adjacent to an activating group) is 1. The summed E-state index contributed by atoms with van der Waals surface area (Å²) in [6, 6.07) is 11.6. The highest BCUT2D eigenvalue weighted by molar-refractivity contribution is 5.35. The topological polar surface area (TPSA) is 43.3 Å². The average Bonchev–Trinajstić information content (AvgIpc) is 2.49. The molecule has 0 spiro atoms. The van der Waals surface area contributed by atoms with Gasteiger partial charge in [0, 0.05) is 24.4 Å². The predicted molar refractivity (Wildman–Crippen MR) is 84.9 cm³/mol. The molecule has 1 aromatic heterocycles. The van der Waals surface area contributed by atoms with Gasteiger partial charge in [0.1, 0.15) is 5.75 Å². The number of nitrogens with one attached hydrogen (secondary N) is 1. The van der Waals surface area contributed by atoms with E-state index in [4.69, 9.17) is 4.74 Å². The number of methoxy groups -OCH3 is 1. The molecule has 0 bridgehead atoms. The van der Waals surface area contributed by atoms with Crippen LogP contribution in [0, 0.1) is 6.92 Å². The number of benzene rings is 1. The zero-order chi connectivity index (χ0) is 15.2. The number of rotatable bonds is 6. The quantitative estimate of drug-likeness (QED) is 0.887. The predicted octanol–water partition coefficient (Wildman–Crippen LogP) is 2.52. The van der Waals surface area contributed by atoms with Crippen molar-refractivity contribution in [2.45, 2.75) is 26.4 Å². The van der Waals surface area contributed by atoms with E-state index in [1.54, 1.807) is 17.7 Å². The highest BCUT2D eigenvalue weighted by atomic mass is 16.5. The number of para-hydroxylation sites is 1. The van der Waals surface area contributed by atoms with Crippen molar-refractivity contribution in [3.63, 3.8) is 0 Å². The van der Waals surface area contributed by atoms with Crippen LogP contribution in [-0.2, 0) is 6.54 Å². The molecule has 0 aliphatic heterocycles. The molecular formula is C17H22N2O2. The van der Waals surface area contributed by atoms with Gasteiger partial charge in [-0.2, -0.15) is 0 Å². The highest BCUT2D eigenvalue weighted by Gasteiger charge is 2.15. The van der Waals surface area contributed by atoms with Gasteiger partial charge in [0.2, 0.25) is 0 Å². The Balaban J connectivity index is 2.33. The molecule has 0 saturated heterocycles. The Morgan fingerprint density at radius 2 is 2.05 bits per heavy atom. The molecule has 4 heteroatoms. The summed E-state index contributed by atoms with van der Waals surface area (Å²) in [5.41, 5.74) is 2.07. The minimum absolute atomic E-state index is 0.0211. The maximum atomic E-state index is 12.1. The Labute approximate surface area is 125 Å². The fourth-order valence-electron chi connectivity index (χ4n) is 2.43. The summed E-state index contributed by atoms with van der Waals surface area (Å²) in [5, 5.41) is 3.42. The molecule has 0 radical (unpaired) electrons. The third-order valence-corrected chi connectivity index (χ3v) is 3.50. The molecule has 0 aliphatic carbocycles. The summed E-state index contributed by atoms with van der Waals surface area (Å²) in [4.78, 5) is 12.1. The van der Waals surface area contributed by atoms with E-state index in [-0.39, 0.29) is 11.6 Å². The second kappa shape index (κ2) is 7.09. The zero-order valence-corrected chi connectivity index (χ0v) is 12.8. The van der Waals surface area contributed by atoms with Crippen LogP contribution in [0.1, 0.15) is 24.1 Å². The smallest absolute Gasteiger partial charge is 0.250 e. The van der Waals surface area contributed by atoms with Crippen molar-refractivity contribution in [3.05, 3.63) is 64.1 Å². The van der Waals surface area contributed by atoms with Gasteiger partial charge in [-0.25, -0.2) is 0 Å². The summed E-state index contributed by atoms with van der Waals surface area (Å²) >= 11 is 0. The van der Waals surface area contributed by atoms with Gasteiger partial charge < -0.3 is 14.6 Å². The summed E-state index contributed by atoms with van der Waals surface area (Å²) < 4.78 is 7.16. The molecule has 4 nitrogen and oxygen atoms in total. The van der Waals surface area contributed by atoms with E-state index in [9.17, 15) is 4.79 Å². The van der Waals surface area contributed by atoms with Gasteiger partial charge in [-0.1, -0.05) is 25.1 Å². The molecule has 1 N–H and O–H groups in total. The van der Waals surface area contributed by atoms with Crippen LogP contribution in [0.25, 0.3) is 0 Å². The van der Waals surface area contributed by atoms with Crippen molar-refractivity contribution in [1.82, 2.24) is 9.88 Å². The fraction of sp³-hybridized carbons (Fsp3) is 0.353. The van der Waals surface area contributed by atoms with Gasteiger partial charge in [0.15, 0.2) is 0 Å². The average molecular weight is 286 g/mol. The number of aromatic nitrogens is 1. The van der Waals surface area contributed by atoms with Gasteiger partial charge in [0.05, 0.1) is 13.2 Å². The lowest BCUT2D eigenvalue weighted by Gasteiger charge is -2.21. The van der Waals surface area contributed by atoms with Gasteiger partial charge in [-0.05, 0) is 31.2 Å². The number of aryl methyl sites for hydroxylation is 1. The molecule has 21 heavy (non-hydrogen) atoms. The second-order valence-electron chi connectivity index (χ2n) is 5.05. The van der Waals surface area contributed by atoms with E-state index in [1.807, 2.05) is 43.5 Å². The first kappa shape index (κ1) is 15.3. The van der Waals surface area contributed by atoms with Crippen LogP contribution < -0.4 is 15.6 Å². The third kappa shape index (κ3) is 3.73. The van der Waals surface area contributed by atoms with Crippen molar-refractivity contribution >= 4 is 0 Å². The van der Waals surface area contributed by atoms with Gasteiger partial charge in [-0.3, -0.25) is 4.79 Å².